The Morgan fingerprint density at radius 2 is 1.90 bits per heavy atom. The van der Waals surface area contributed by atoms with E-state index in [-0.39, 0.29) is 6.10 Å². The lowest BCUT2D eigenvalue weighted by molar-refractivity contribution is -0.134. The van der Waals surface area contributed by atoms with Crippen LogP contribution in [-0.2, 0) is 14.3 Å². The first-order valence-electron chi connectivity index (χ1n) is 5.25. The van der Waals surface area contributed by atoms with Crippen LogP contribution >= 0.6 is 12.2 Å². The molecule has 0 bridgehead atoms. The zero-order valence-electron chi connectivity index (χ0n) is 10.6. The minimum Gasteiger partial charge on any atom is -0.478 e. The van der Waals surface area contributed by atoms with Crippen molar-refractivity contribution in [2.45, 2.75) is 6.10 Å². The molecule has 1 heterocycles. The summed E-state index contributed by atoms with van der Waals surface area (Å²) in [6, 6.07) is 5.52. The third kappa shape index (κ3) is 7.90. The second-order valence-corrected chi connectivity index (χ2v) is 3.75. The van der Waals surface area contributed by atoms with Gasteiger partial charge in [-0.15, -0.1) is 0 Å². The highest BCUT2D eigenvalue weighted by Crippen LogP contribution is 2.12. The van der Waals surface area contributed by atoms with Crippen LogP contribution in [0.25, 0.3) is 0 Å². The standard InChI is InChI=1S/C8H10N2OS.C4H4O4/c1-11-7(8(9)12)6-4-2-3-5-10-6;5-3(6)1-2-4(7)8/h2-5,7H,1H3,(H2,9,12);1-2H,(H,5,6)(H,7,8). The number of carboxylic acid groups (broad SMARTS) is 2. The predicted octanol–water partition coefficient (Wildman–Crippen LogP) is 0.767. The number of pyridine rings is 1. The van der Waals surface area contributed by atoms with Gasteiger partial charge in [0, 0.05) is 25.5 Å². The number of thiocarbonyl (C=S) groups is 1. The smallest absolute Gasteiger partial charge is 0.328 e. The second kappa shape index (κ2) is 9.59. The molecular weight excluding hydrogens is 284 g/mol. The van der Waals surface area contributed by atoms with Gasteiger partial charge in [-0.1, -0.05) is 18.3 Å². The van der Waals surface area contributed by atoms with Gasteiger partial charge < -0.3 is 20.7 Å². The molecule has 0 saturated carbocycles. The molecule has 4 N–H and O–H groups in total. The van der Waals surface area contributed by atoms with E-state index < -0.39 is 11.9 Å². The van der Waals surface area contributed by atoms with Crippen LogP contribution in [0.15, 0.2) is 36.5 Å². The number of ether oxygens (including phenoxy) is 1. The van der Waals surface area contributed by atoms with Crippen LogP contribution in [0, 0.1) is 0 Å². The summed E-state index contributed by atoms with van der Waals surface area (Å²) in [6.07, 6.45) is 2.42. The molecule has 0 saturated heterocycles. The number of aliphatic carboxylic acids is 2. The lowest BCUT2D eigenvalue weighted by atomic mass is 10.2. The van der Waals surface area contributed by atoms with E-state index in [2.05, 4.69) is 4.98 Å². The molecule has 0 aromatic carbocycles. The van der Waals surface area contributed by atoms with Crippen LogP contribution in [0.2, 0.25) is 0 Å². The Kier molecular flexibility index (Phi) is 8.48. The summed E-state index contributed by atoms with van der Waals surface area (Å²) in [5.74, 6) is -2.51. The van der Waals surface area contributed by atoms with Crippen LogP contribution in [-0.4, -0.2) is 39.2 Å². The van der Waals surface area contributed by atoms with E-state index in [9.17, 15) is 9.59 Å². The summed E-state index contributed by atoms with van der Waals surface area (Å²) >= 11 is 4.81. The average Bonchev–Trinajstić information content (AvgIpc) is 2.39. The molecule has 1 aromatic heterocycles. The molecule has 0 aliphatic heterocycles. The van der Waals surface area contributed by atoms with E-state index >= 15 is 0 Å². The first kappa shape index (κ1) is 17.7. The summed E-state index contributed by atoms with van der Waals surface area (Å²) in [5.41, 5.74) is 6.19. The lowest BCUT2D eigenvalue weighted by Crippen LogP contribution is -2.21. The summed E-state index contributed by atoms with van der Waals surface area (Å²) in [5, 5.41) is 15.6. The van der Waals surface area contributed by atoms with Gasteiger partial charge in [0.25, 0.3) is 0 Å². The normalized spacial score (nSPS) is 11.2. The molecule has 0 aliphatic rings. The Hall–Kier alpha value is -2.32. The number of nitrogens with two attached hydrogens (primary N) is 1. The Labute approximate surface area is 120 Å². The maximum atomic E-state index is 9.55. The molecular formula is C12H14N2O5S. The highest BCUT2D eigenvalue weighted by Gasteiger charge is 2.13. The van der Waals surface area contributed by atoms with Gasteiger partial charge in [-0.2, -0.15) is 0 Å². The molecule has 1 atom stereocenters. The van der Waals surface area contributed by atoms with Crippen LogP contribution in [0.1, 0.15) is 11.8 Å². The highest BCUT2D eigenvalue weighted by atomic mass is 32.1. The second-order valence-electron chi connectivity index (χ2n) is 3.28. The van der Waals surface area contributed by atoms with Gasteiger partial charge in [0.1, 0.15) is 11.1 Å². The van der Waals surface area contributed by atoms with Crippen molar-refractivity contribution in [2.24, 2.45) is 5.73 Å². The summed E-state index contributed by atoms with van der Waals surface area (Å²) < 4.78 is 5.07. The van der Waals surface area contributed by atoms with Crippen molar-refractivity contribution in [2.75, 3.05) is 7.11 Å². The quantitative estimate of drug-likeness (QED) is 0.538. The molecule has 1 rings (SSSR count). The first-order chi connectivity index (χ1) is 9.38. The van der Waals surface area contributed by atoms with E-state index in [0.717, 1.165) is 5.69 Å². The molecule has 20 heavy (non-hydrogen) atoms. The third-order valence-electron chi connectivity index (χ3n) is 1.82. The summed E-state index contributed by atoms with van der Waals surface area (Å²) in [4.78, 5) is 23.5. The first-order valence-corrected chi connectivity index (χ1v) is 5.66. The molecule has 1 unspecified atom stereocenters. The highest BCUT2D eigenvalue weighted by molar-refractivity contribution is 7.80. The van der Waals surface area contributed by atoms with Crippen LogP contribution in [0.5, 0.6) is 0 Å². The van der Waals surface area contributed by atoms with Crippen LogP contribution in [0.4, 0.5) is 0 Å². The monoisotopic (exact) mass is 298 g/mol. The van der Waals surface area contributed by atoms with Gasteiger partial charge in [0.05, 0.1) is 5.69 Å². The molecule has 0 fully saturated rings. The fourth-order valence-electron chi connectivity index (χ4n) is 1.06. The molecule has 8 heteroatoms. The van der Waals surface area contributed by atoms with E-state index in [1.54, 1.807) is 13.3 Å². The molecule has 7 nitrogen and oxygen atoms in total. The van der Waals surface area contributed by atoms with E-state index in [1.165, 1.54) is 0 Å². The predicted molar refractivity (Wildman–Crippen MR) is 75.2 cm³/mol. The maximum Gasteiger partial charge on any atom is 0.328 e. The third-order valence-corrected chi connectivity index (χ3v) is 2.03. The fraction of sp³-hybridized carbons (Fsp3) is 0.167. The number of hydrogen-bond acceptors (Lipinski definition) is 5. The van der Waals surface area contributed by atoms with Crippen molar-refractivity contribution in [1.29, 1.82) is 0 Å². The number of carbonyl (C=O) groups is 2. The largest absolute Gasteiger partial charge is 0.478 e. The molecule has 1 aromatic rings. The maximum absolute atomic E-state index is 9.55. The zero-order chi connectivity index (χ0) is 15.5. The minimum atomic E-state index is -1.26. The fourth-order valence-corrected chi connectivity index (χ4v) is 1.27. The number of nitrogens with zero attached hydrogens (tertiary/aromatic N) is 1. The number of aromatic nitrogens is 1. The molecule has 0 amide bonds. The number of carboxylic acids is 2. The van der Waals surface area contributed by atoms with Gasteiger partial charge in [-0.05, 0) is 12.1 Å². The van der Waals surface area contributed by atoms with Crippen molar-refractivity contribution in [3.63, 3.8) is 0 Å². The van der Waals surface area contributed by atoms with Gasteiger partial charge in [0.2, 0.25) is 0 Å². The topological polar surface area (TPSA) is 123 Å². The van der Waals surface area contributed by atoms with E-state index in [0.29, 0.717) is 17.1 Å². The molecule has 0 spiro atoms. The SMILES string of the molecule is COC(C(N)=S)c1ccccn1.O=C(O)C=CC(=O)O. The number of hydrogen-bond donors (Lipinski definition) is 3. The van der Waals surface area contributed by atoms with Crippen molar-refractivity contribution >= 4 is 29.1 Å². The Morgan fingerprint density at radius 1 is 1.35 bits per heavy atom. The number of methoxy groups -OCH3 is 1. The van der Waals surface area contributed by atoms with Gasteiger partial charge >= 0.3 is 11.9 Å². The minimum absolute atomic E-state index is 0.302. The van der Waals surface area contributed by atoms with Crippen LogP contribution in [0.3, 0.4) is 0 Å². The average molecular weight is 298 g/mol. The Bertz CT molecular complexity index is 474. The molecule has 0 aliphatic carbocycles. The summed E-state index contributed by atoms with van der Waals surface area (Å²) in [7, 11) is 1.55. The lowest BCUT2D eigenvalue weighted by Gasteiger charge is -2.11. The van der Waals surface area contributed by atoms with E-state index in [4.69, 9.17) is 32.9 Å². The van der Waals surface area contributed by atoms with Gasteiger partial charge in [-0.25, -0.2) is 9.59 Å². The summed E-state index contributed by atoms with van der Waals surface area (Å²) in [6.45, 7) is 0. The van der Waals surface area contributed by atoms with E-state index in [1.807, 2.05) is 18.2 Å². The van der Waals surface area contributed by atoms with Crippen molar-refractivity contribution < 1.29 is 24.5 Å². The van der Waals surface area contributed by atoms with Crippen molar-refractivity contribution in [3.8, 4) is 0 Å². The van der Waals surface area contributed by atoms with Gasteiger partial charge in [0.15, 0.2) is 0 Å². The van der Waals surface area contributed by atoms with Crippen molar-refractivity contribution in [1.82, 2.24) is 4.98 Å². The van der Waals surface area contributed by atoms with Gasteiger partial charge in [-0.3, -0.25) is 4.98 Å². The molecule has 108 valence electrons. The molecule has 0 radical (unpaired) electrons. The number of rotatable bonds is 5. The Balaban J connectivity index is 0.000000396. The Morgan fingerprint density at radius 3 is 2.20 bits per heavy atom. The van der Waals surface area contributed by atoms with Crippen molar-refractivity contribution in [3.05, 3.63) is 42.2 Å². The van der Waals surface area contributed by atoms with Crippen LogP contribution < -0.4 is 5.73 Å². The zero-order valence-corrected chi connectivity index (χ0v) is 11.4.